The topological polar surface area (TPSA) is 0 Å². The Morgan fingerprint density at radius 2 is 1.20 bits per heavy atom. The second-order valence-corrected chi connectivity index (χ2v) is 0. The van der Waals surface area contributed by atoms with Gasteiger partial charge in [0.2, 0.25) is 0 Å². The van der Waals surface area contributed by atoms with Crippen LogP contribution in [-0.2, 0) is 17.1 Å². The van der Waals surface area contributed by atoms with Crippen LogP contribution in [0.5, 0.6) is 0 Å². The molecule has 0 aliphatic heterocycles. The van der Waals surface area contributed by atoms with E-state index >= 15 is 0 Å². The van der Waals surface area contributed by atoms with Crippen molar-refractivity contribution >= 4 is 44.3 Å². The van der Waals surface area contributed by atoms with Crippen LogP contribution >= 0.6 is 0 Å². The van der Waals surface area contributed by atoms with Gasteiger partial charge in [0.25, 0.3) is 0 Å². The maximum absolute atomic E-state index is 1.47. The zero-order valence-corrected chi connectivity index (χ0v) is 13.7. The SMILES string of the molecule is [CaH2].[Fe].[SiH3][U].[Th]. The van der Waals surface area contributed by atoms with Crippen molar-refractivity contribution < 1.29 is 85.5 Å². The summed E-state index contributed by atoms with van der Waals surface area (Å²) in [4.78, 5) is 0. The van der Waals surface area contributed by atoms with E-state index in [-0.39, 0.29) is 94.7 Å². The van der Waals surface area contributed by atoms with Gasteiger partial charge in [-0.3, -0.25) is 0 Å². The Bertz CT molecular complexity index is 11.6. The van der Waals surface area contributed by atoms with Crippen molar-refractivity contribution in [3.8, 4) is 0 Å². The van der Waals surface area contributed by atoms with Crippen LogP contribution in [-0.4, -0.2) is 44.3 Å². The average Bonchev–Trinajstić information content (AvgIpc) is 1.00. The Kier molecular flexibility index (Phi) is 108. The smallest absolute Gasteiger partial charge is 0 e. The predicted octanol–water partition coefficient (Wildman–Crippen LogP) is -2.10. The van der Waals surface area contributed by atoms with Gasteiger partial charge in [0.1, 0.15) is 0 Å². The van der Waals surface area contributed by atoms with Crippen LogP contribution < -0.4 is 0 Å². The molecular formula is H5CaFeSiThU. The van der Waals surface area contributed by atoms with Crippen molar-refractivity contribution in [3.63, 3.8) is 0 Å². The largest absolute Gasteiger partial charge is 0 e. The number of hydrogen-bond acceptors (Lipinski definition) is 0. The summed E-state index contributed by atoms with van der Waals surface area (Å²) in [6.07, 6.45) is 0. The van der Waals surface area contributed by atoms with E-state index in [4.69, 9.17) is 0 Å². The van der Waals surface area contributed by atoms with Crippen LogP contribution in [0.25, 0.3) is 0 Å². The zero-order chi connectivity index (χ0) is 2.00. The van der Waals surface area contributed by atoms with Crippen LogP contribution in [0.4, 0.5) is 0 Å². The molecular weight excluding hydrogens is 594 g/mol. The molecule has 0 aromatic heterocycles. The van der Waals surface area contributed by atoms with Gasteiger partial charge >= 0.3 is 72.8 Å². The second kappa shape index (κ2) is 23.8. The quantitative estimate of drug-likeness (QED) is 0.281. The van der Waals surface area contributed by atoms with Crippen LogP contribution in [0.15, 0.2) is 0 Å². The normalized spacial score (nSPS) is 2.00. The molecule has 27 valence electrons. The monoisotopic (exact) mass is 599 g/mol. The van der Waals surface area contributed by atoms with E-state index in [1.165, 1.54) is 35.0 Å². The molecule has 0 heterocycles. The molecule has 0 unspecified atom stereocenters. The molecule has 0 bridgehead atoms. The molecule has 0 amide bonds. The maximum Gasteiger partial charge on any atom is 0 e. The molecule has 0 aromatic carbocycles. The van der Waals surface area contributed by atoms with Crippen LogP contribution in [0.2, 0.25) is 0 Å². The van der Waals surface area contributed by atoms with Crippen molar-refractivity contribution in [2.24, 2.45) is 0 Å². The second-order valence-electron chi connectivity index (χ2n) is 0. The molecule has 0 spiro atoms. The summed E-state index contributed by atoms with van der Waals surface area (Å²) in [6, 6.07) is 0. The van der Waals surface area contributed by atoms with Gasteiger partial charge in [-0.2, -0.15) is 0 Å². The Morgan fingerprint density at radius 1 is 1.20 bits per heavy atom. The van der Waals surface area contributed by atoms with Crippen molar-refractivity contribution in [1.82, 2.24) is 0 Å². The van der Waals surface area contributed by atoms with E-state index in [0.29, 0.717) is 0 Å². The Balaban J connectivity index is -0.00000000167. The third kappa shape index (κ3) is 17.8. The molecule has 0 N–H and O–H groups in total. The van der Waals surface area contributed by atoms with E-state index in [0.717, 1.165) is 0 Å². The Morgan fingerprint density at radius 3 is 1.20 bits per heavy atom. The summed E-state index contributed by atoms with van der Waals surface area (Å²) >= 11 is 1.30. The first-order chi connectivity index (χ1) is 1.00. The van der Waals surface area contributed by atoms with Crippen molar-refractivity contribution in [1.29, 1.82) is 0 Å². The fourth-order valence-corrected chi connectivity index (χ4v) is 0. The summed E-state index contributed by atoms with van der Waals surface area (Å²) < 4.78 is 0. The summed E-state index contributed by atoms with van der Waals surface area (Å²) in [7, 11) is 0. The molecule has 0 aliphatic rings. The first-order valence-corrected chi connectivity index (χ1v) is 14.0. The van der Waals surface area contributed by atoms with Crippen molar-refractivity contribution in [2.75, 3.05) is 0 Å². The fourth-order valence-electron chi connectivity index (χ4n) is 0. The van der Waals surface area contributed by atoms with Crippen molar-refractivity contribution in [3.05, 3.63) is 0 Å². The van der Waals surface area contributed by atoms with Gasteiger partial charge in [0.05, 0.1) is 0 Å². The van der Waals surface area contributed by atoms with Gasteiger partial charge in [-0.15, -0.1) is 0 Å². The van der Waals surface area contributed by atoms with Crippen LogP contribution in [0.1, 0.15) is 0 Å². The van der Waals surface area contributed by atoms with E-state index in [9.17, 15) is 0 Å². The number of hydrogen-bond donors (Lipinski definition) is 0. The molecule has 0 saturated carbocycles. The van der Waals surface area contributed by atoms with Gasteiger partial charge in [-0.05, 0) is 0 Å². The van der Waals surface area contributed by atoms with Gasteiger partial charge in [0.15, 0.2) is 0 Å². The van der Waals surface area contributed by atoms with Crippen LogP contribution in [0, 0.1) is 68.4 Å². The van der Waals surface area contributed by atoms with E-state index in [1.807, 2.05) is 0 Å². The summed E-state index contributed by atoms with van der Waals surface area (Å²) in [5.74, 6) is 0. The van der Waals surface area contributed by atoms with Gasteiger partial charge in [-0.1, -0.05) is 0 Å². The zero-order valence-electron chi connectivity index (χ0n) is 2.35. The minimum absolute atomic E-state index is 0. The Hall–Kier alpha value is 4.37. The standard InChI is InChI=1S/Ca.Fe.H3Si.Th.U.2H/h;;1H3;;;;. The summed E-state index contributed by atoms with van der Waals surface area (Å²) in [5, 5.41) is 0. The molecule has 0 fully saturated rings. The minimum atomic E-state index is 0. The molecule has 5 heteroatoms. The third-order valence-corrected chi connectivity index (χ3v) is 0. The van der Waals surface area contributed by atoms with E-state index in [1.54, 1.807) is 0 Å². The van der Waals surface area contributed by atoms with Gasteiger partial charge in [0, 0.05) is 57.0 Å². The maximum atomic E-state index is 1.47. The molecule has 0 saturated heterocycles. The van der Waals surface area contributed by atoms with E-state index < -0.39 is 0 Å². The summed E-state index contributed by atoms with van der Waals surface area (Å²) in [6.45, 7) is 1.47. The first-order valence-electron chi connectivity index (χ1n) is 0.500. The molecule has 0 radical (unpaired) electrons. The van der Waals surface area contributed by atoms with Crippen molar-refractivity contribution in [2.45, 2.75) is 0 Å². The molecule has 0 aromatic rings. The molecule has 0 nitrogen and oxygen atoms in total. The predicted molar refractivity (Wildman–Crippen MR) is 18.5 cm³/mol. The van der Waals surface area contributed by atoms with Gasteiger partial charge < -0.3 is 0 Å². The fraction of sp³-hybridized carbons (Fsp3) is 0. The molecule has 5 heavy (non-hydrogen) atoms. The first kappa shape index (κ1) is 22.8. The average molecular weight is 599 g/mol. The van der Waals surface area contributed by atoms with E-state index in [2.05, 4.69) is 0 Å². The van der Waals surface area contributed by atoms with Crippen LogP contribution in [0.3, 0.4) is 0 Å². The third-order valence-electron chi connectivity index (χ3n) is 0. The summed E-state index contributed by atoms with van der Waals surface area (Å²) in [5.41, 5.74) is 0. The number of rotatable bonds is 0. The molecule has 0 atom stereocenters. The molecule has 0 rings (SSSR count). The minimum Gasteiger partial charge on any atom is 0 e. The molecule has 0 aliphatic carbocycles. The Labute approximate surface area is 126 Å². The van der Waals surface area contributed by atoms with Gasteiger partial charge in [-0.25, -0.2) is 0 Å².